The van der Waals surface area contributed by atoms with Gasteiger partial charge in [-0.25, -0.2) is 0 Å². The third kappa shape index (κ3) is 3.12. The zero-order valence-corrected chi connectivity index (χ0v) is 15.2. The van der Waals surface area contributed by atoms with E-state index in [1.54, 1.807) is 11.3 Å². The zero-order valence-electron chi connectivity index (χ0n) is 12.8. The number of ether oxygens (including phenoxy) is 1. The molecule has 5 heteroatoms. The molecule has 0 saturated heterocycles. The topological polar surface area (TPSA) is 38.5 Å². The van der Waals surface area contributed by atoms with Crippen molar-refractivity contribution in [1.82, 2.24) is 4.90 Å². The third-order valence-corrected chi connectivity index (χ3v) is 6.29. The Morgan fingerprint density at radius 3 is 2.75 bits per heavy atom. The Bertz CT molecular complexity index is 462. The van der Waals surface area contributed by atoms with Crippen molar-refractivity contribution in [3.8, 4) is 0 Å². The van der Waals surface area contributed by atoms with Gasteiger partial charge in [-0.15, -0.1) is 11.3 Å². The summed E-state index contributed by atoms with van der Waals surface area (Å²) in [4.78, 5) is 3.68. The van der Waals surface area contributed by atoms with E-state index >= 15 is 0 Å². The molecule has 1 aliphatic rings. The number of hydrogen-bond donors (Lipinski definition) is 1. The van der Waals surface area contributed by atoms with Crippen LogP contribution in [0, 0.1) is 5.41 Å². The minimum atomic E-state index is -0.157. The minimum Gasteiger partial charge on any atom is -0.378 e. The summed E-state index contributed by atoms with van der Waals surface area (Å²) in [5.74, 6) is 0. The molecule has 2 rings (SSSR count). The van der Waals surface area contributed by atoms with Crippen molar-refractivity contribution in [3.05, 3.63) is 20.8 Å². The molecule has 0 spiro atoms. The van der Waals surface area contributed by atoms with E-state index in [-0.39, 0.29) is 11.0 Å². The van der Waals surface area contributed by atoms with Gasteiger partial charge in [0, 0.05) is 45.4 Å². The number of rotatable bonds is 6. The summed E-state index contributed by atoms with van der Waals surface area (Å²) < 4.78 is 6.95. The van der Waals surface area contributed by atoms with E-state index in [1.165, 1.54) is 4.88 Å². The van der Waals surface area contributed by atoms with Crippen LogP contribution in [0.15, 0.2) is 15.9 Å². The van der Waals surface area contributed by atoms with Gasteiger partial charge in [-0.05, 0) is 42.4 Å². The molecule has 3 nitrogen and oxygen atoms in total. The van der Waals surface area contributed by atoms with Crippen LogP contribution in [0.25, 0.3) is 0 Å². The highest BCUT2D eigenvalue weighted by molar-refractivity contribution is 9.10. The van der Waals surface area contributed by atoms with Gasteiger partial charge in [0.2, 0.25) is 0 Å². The van der Waals surface area contributed by atoms with Crippen LogP contribution in [0.5, 0.6) is 0 Å². The van der Waals surface area contributed by atoms with Gasteiger partial charge < -0.3 is 10.5 Å². The second-order valence-electron chi connectivity index (χ2n) is 6.43. The Labute approximate surface area is 134 Å². The van der Waals surface area contributed by atoms with Crippen molar-refractivity contribution in [3.63, 3.8) is 0 Å². The van der Waals surface area contributed by atoms with E-state index in [1.807, 2.05) is 6.92 Å². The highest BCUT2D eigenvalue weighted by atomic mass is 79.9. The molecule has 0 amide bonds. The number of hydrogen-bond acceptors (Lipinski definition) is 4. The summed E-state index contributed by atoms with van der Waals surface area (Å²) in [5.41, 5.74) is 6.51. The first-order valence-electron chi connectivity index (χ1n) is 7.10. The lowest BCUT2D eigenvalue weighted by atomic mass is 9.54. The van der Waals surface area contributed by atoms with Crippen molar-refractivity contribution >= 4 is 27.3 Å². The van der Waals surface area contributed by atoms with Crippen molar-refractivity contribution in [2.24, 2.45) is 11.1 Å². The highest BCUT2D eigenvalue weighted by Gasteiger charge is 2.58. The average molecular weight is 361 g/mol. The molecule has 1 heterocycles. The average Bonchev–Trinajstić information content (AvgIpc) is 2.74. The molecule has 114 valence electrons. The van der Waals surface area contributed by atoms with Crippen LogP contribution < -0.4 is 5.73 Å². The molecule has 1 saturated carbocycles. The Morgan fingerprint density at radius 1 is 1.55 bits per heavy atom. The van der Waals surface area contributed by atoms with Gasteiger partial charge in [0.25, 0.3) is 0 Å². The lowest BCUT2D eigenvalue weighted by Gasteiger charge is -2.60. The molecule has 1 aliphatic carbocycles. The first kappa shape index (κ1) is 16.4. The first-order chi connectivity index (χ1) is 9.28. The van der Waals surface area contributed by atoms with Crippen LogP contribution in [0.2, 0.25) is 0 Å². The molecule has 1 fully saturated rings. The van der Waals surface area contributed by atoms with Gasteiger partial charge >= 0.3 is 0 Å². The molecule has 0 bridgehead atoms. The summed E-state index contributed by atoms with van der Waals surface area (Å²) in [6.45, 7) is 9.12. The standard InChI is InChI=1S/C15H25BrN2OS/c1-5-19-13-7-15(17,14(13,2)3)10-18(4)8-12-6-11(16)9-20-12/h6,9,13H,5,7-8,10,17H2,1-4H3. The summed E-state index contributed by atoms with van der Waals surface area (Å²) in [7, 11) is 2.15. The number of nitrogens with two attached hydrogens (primary N) is 1. The fraction of sp³-hybridized carbons (Fsp3) is 0.733. The van der Waals surface area contributed by atoms with E-state index in [0.717, 1.165) is 30.6 Å². The summed E-state index contributed by atoms with van der Waals surface area (Å²) in [6, 6.07) is 2.18. The SMILES string of the molecule is CCOC1CC(N)(CN(C)Cc2cc(Br)cs2)C1(C)C. The van der Waals surface area contributed by atoms with Crippen molar-refractivity contribution in [2.75, 3.05) is 20.2 Å². The van der Waals surface area contributed by atoms with E-state index in [0.29, 0.717) is 6.10 Å². The highest BCUT2D eigenvalue weighted by Crippen LogP contribution is 2.50. The van der Waals surface area contributed by atoms with Crippen molar-refractivity contribution in [1.29, 1.82) is 0 Å². The van der Waals surface area contributed by atoms with E-state index in [4.69, 9.17) is 10.5 Å². The molecule has 20 heavy (non-hydrogen) atoms. The molecule has 2 N–H and O–H groups in total. The molecular formula is C15H25BrN2OS. The van der Waals surface area contributed by atoms with E-state index in [2.05, 4.69) is 53.2 Å². The molecule has 1 aromatic rings. The van der Waals surface area contributed by atoms with E-state index < -0.39 is 0 Å². The quantitative estimate of drug-likeness (QED) is 0.843. The molecule has 0 aliphatic heterocycles. The van der Waals surface area contributed by atoms with Crippen LogP contribution in [0.3, 0.4) is 0 Å². The van der Waals surface area contributed by atoms with Gasteiger partial charge in [-0.3, -0.25) is 4.90 Å². The Balaban J connectivity index is 1.92. The molecule has 0 aromatic carbocycles. The van der Waals surface area contributed by atoms with Gasteiger partial charge in [-0.1, -0.05) is 13.8 Å². The normalized spacial score (nSPS) is 28.6. The monoisotopic (exact) mass is 360 g/mol. The maximum atomic E-state index is 6.63. The van der Waals surface area contributed by atoms with Crippen LogP contribution in [-0.4, -0.2) is 36.7 Å². The molecule has 2 atom stereocenters. The lowest BCUT2D eigenvalue weighted by Crippen LogP contribution is -2.73. The molecule has 0 radical (unpaired) electrons. The third-order valence-electron chi connectivity index (χ3n) is 4.61. The number of halogens is 1. The Morgan fingerprint density at radius 2 is 2.25 bits per heavy atom. The first-order valence-corrected chi connectivity index (χ1v) is 8.77. The number of thiophene rings is 1. The fourth-order valence-corrected chi connectivity index (χ4v) is 4.55. The van der Waals surface area contributed by atoms with Crippen LogP contribution >= 0.6 is 27.3 Å². The summed E-state index contributed by atoms with van der Waals surface area (Å²) in [6.07, 6.45) is 1.24. The summed E-state index contributed by atoms with van der Waals surface area (Å²) in [5, 5.41) is 2.12. The van der Waals surface area contributed by atoms with Gasteiger partial charge in [-0.2, -0.15) is 0 Å². The van der Waals surface area contributed by atoms with Gasteiger partial charge in [0.05, 0.1) is 6.10 Å². The predicted molar refractivity (Wildman–Crippen MR) is 89.1 cm³/mol. The van der Waals surface area contributed by atoms with Crippen molar-refractivity contribution in [2.45, 2.75) is 45.4 Å². The second-order valence-corrected chi connectivity index (χ2v) is 8.34. The number of nitrogens with zero attached hydrogens (tertiary/aromatic N) is 1. The molecule has 1 aromatic heterocycles. The van der Waals surface area contributed by atoms with Gasteiger partial charge in [0.15, 0.2) is 0 Å². The maximum absolute atomic E-state index is 6.63. The van der Waals surface area contributed by atoms with Crippen molar-refractivity contribution < 1.29 is 4.74 Å². The van der Waals surface area contributed by atoms with E-state index in [9.17, 15) is 0 Å². The van der Waals surface area contributed by atoms with Crippen LogP contribution in [-0.2, 0) is 11.3 Å². The zero-order chi connectivity index (χ0) is 15.0. The fourth-order valence-electron chi connectivity index (χ4n) is 3.02. The molecule has 2 unspecified atom stereocenters. The Hall–Kier alpha value is 0.0600. The van der Waals surface area contributed by atoms with Crippen LogP contribution in [0.4, 0.5) is 0 Å². The Kier molecular flexibility index (Phi) is 4.97. The lowest BCUT2D eigenvalue weighted by molar-refractivity contribution is -0.155. The second kappa shape index (κ2) is 6.05. The largest absolute Gasteiger partial charge is 0.378 e. The molecular weight excluding hydrogens is 336 g/mol. The predicted octanol–water partition coefficient (Wildman–Crippen LogP) is 3.47. The van der Waals surface area contributed by atoms with Crippen LogP contribution in [0.1, 0.15) is 32.1 Å². The van der Waals surface area contributed by atoms with Gasteiger partial charge in [0.1, 0.15) is 0 Å². The maximum Gasteiger partial charge on any atom is 0.0662 e. The smallest absolute Gasteiger partial charge is 0.0662 e. The summed E-state index contributed by atoms with van der Waals surface area (Å²) >= 11 is 5.29. The minimum absolute atomic E-state index is 0.0350. The number of likely N-dealkylation sites (N-methyl/N-ethyl adjacent to an activating group) is 1.